The minimum Gasteiger partial charge on any atom is -0.464 e. The molecular formula is C17H17NO4S. The van der Waals surface area contributed by atoms with Crippen molar-refractivity contribution in [1.29, 1.82) is 0 Å². The summed E-state index contributed by atoms with van der Waals surface area (Å²) in [6.07, 6.45) is 0.805. The topological polar surface area (TPSA) is 72.5 Å². The molecule has 0 aliphatic carbocycles. The first kappa shape index (κ1) is 16.9. The normalized spacial score (nSPS) is 10.1. The van der Waals surface area contributed by atoms with Crippen LogP contribution in [0.2, 0.25) is 0 Å². The monoisotopic (exact) mass is 331 g/mol. The average molecular weight is 331 g/mol. The number of rotatable bonds is 8. The second-order valence-corrected chi connectivity index (χ2v) is 5.72. The van der Waals surface area contributed by atoms with Crippen molar-refractivity contribution >= 4 is 29.0 Å². The molecule has 1 aromatic heterocycles. The maximum absolute atomic E-state index is 11.7. The molecule has 0 unspecified atom stereocenters. The highest BCUT2D eigenvalue weighted by Gasteiger charge is 2.09. The van der Waals surface area contributed by atoms with Gasteiger partial charge in [-0.2, -0.15) is 0 Å². The van der Waals surface area contributed by atoms with Gasteiger partial charge in [0.15, 0.2) is 5.78 Å². The number of amides is 1. The minimum absolute atomic E-state index is 0.0495. The van der Waals surface area contributed by atoms with Crippen molar-refractivity contribution in [2.75, 3.05) is 13.2 Å². The van der Waals surface area contributed by atoms with Gasteiger partial charge in [0.25, 0.3) is 5.91 Å². The van der Waals surface area contributed by atoms with Gasteiger partial charge in [-0.25, -0.2) is 0 Å². The fourth-order valence-corrected chi connectivity index (χ4v) is 2.57. The SMILES string of the molecule is O=C(CNC(=O)c1ccccc1)OCCCC(=O)c1cccs1. The number of Topliss-reactive ketones (excluding diaryl/α,β-unsaturated/α-hetero) is 1. The Kier molecular flexibility index (Phi) is 6.50. The molecule has 0 radical (unpaired) electrons. The van der Waals surface area contributed by atoms with Gasteiger partial charge in [0.1, 0.15) is 6.54 Å². The van der Waals surface area contributed by atoms with Crippen LogP contribution in [0.1, 0.15) is 32.9 Å². The van der Waals surface area contributed by atoms with Crippen LogP contribution in [-0.2, 0) is 9.53 Å². The van der Waals surface area contributed by atoms with Crippen molar-refractivity contribution in [3.63, 3.8) is 0 Å². The first-order chi connectivity index (χ1) is 11.2. The number of carbonyl (C=O) groups excluding carboxylic acids is 3. The van der Waals surface area contributed by atoms with Crippen LogP contribution >= 0.6 is 11.3 Å². The van der Waals surface area contributed by atoms with Crippen molar-refractivity contribution in [2.45, 2.75) is 12.8 Å². The van der Waals surface area contributed by atoms with E-state index in [1.165, 1.54) is 11.3 Å². The lowest BCUT2D eigenvalue weighted by Crippen LogP contribution is -2.30. The van der Waals surface area contributed by atoms with Gasteiger partial charge in [-0.1, -0.05) is 24.3 Å². The molecule has 0 atom stereocenters. The highest BCUT2D eigenvalue weighted by atomic mass is 32.1. The highest BCUT2D eigenvalue weighted by molar-refractivity contribution is 7.12. The first-order valence-electron chi connectivity index (χ1n) is 7.22. The van der Waals surface area contributed by atoms with E-state index in [0.717, 1.165) is 0 Å². The summed E-state index contributed by atoms with van der Waals surface area (Å²) in [5.74, 6) is -0.790. The maximum Gasteiger partial charge on any atom is 0.325 e. The molecule has 0 saturated carbocycles. The van der Waals surface area contributed by atoms with E-state index < -0.39 is 5.97 Å². The van der Waals surface area contributed by atoms with Gasteiger partial charge < -0.3 is 10.1 Å². The van der Waals surface area contributed by atoms with E-state index in [1.54, 1.807) is 30.3 Å². The van der Waals surface area contributed by atoms with Gasteiger partial charge in [-0.15, -0.1) is 11.3 Å². The third-order valence-corrected chi connectivity index (χ3v) is 3.95. The molecule has 23 heavy (non-hydrogen) atoms. The van der Waals surface area contributed by atoms with E-state index in [0.29, 0.717) is 23.3 Å². The van der Waals surface area contributed by atoms with Crippen LogP contribution < -0.4 is 5.32 Å². The lowest BCUT2D eigenvalue weighted by Gasteiger charge is -2.06. The molecule has 2 aromatic rings. The largest absolute Gasteiger partial charge is 0.464 e. The van der Waals surface area contributed by atoms with Crippen LogP contribution in [0, 0.1) is 0 Å². The molecule has 0 spiro atoms. The molecular weight excluding hydrogens is 314 g/mol. The highest BCUT2D eigenvalue weighted by Crippen LogP contribution is 2.12. The molecule has 0 aliphatic heterocycles. The number of hydrogen-bond acceptors (Lipinski definition) is 5. The van der Waals surface area contributed by atoms with Gasteiger partial charge in [-0.3, -0.25) is 14.4 Å². The first-order valence-corrected chi connectivity index (χ1v) is 8.10. The predicted octanol–water partition coefficient (Wildman–Crippen LogP) is 2.68. The summed E-state index contributed by atoms with van der Waals surface area (Å²) < 4.78 is 4.99. The number of carbonyl (C=O) groups is 3. The lowest BCUT2D eigenvalue weighted by molar-refractivity contribution is -0.142. The molecule has 0 bridgehead atoms. The average Bonchev–Trinajstić information content (AvgIpc) is 3.12. The quantitative estimate of drug-likeness (QED) is 0.458. The summed E-state index contributed by atoms with van der Waals surface area (Å²) in [6, 6.07) is 12.2. The Morgan fingerprint density at radius 1 is 1.04 bits per heavy atom. The van der Waals surface area contributed by atoms with Gasteiger partial charge in [0.2, 0.25) is 0 Å². The standard InChI is InChI=1S/C17H17NO4S/c19-14(15-9-5-11-23-15)8-4-10-22-16(20)12-18-17(21)13-6-2-1-3-7-13/h1-3,5-7,9,11H,4,8,10,12H2,(H,18,21). The van der Waals surface area contributed by atoms with Gasteiger partial charge in [0.05, 0.1) is 11.5 Å². The second kappa shape index (κ2) is 8.85. The zero-order valence-corrected chi connectivity index (χ0v) is 13.3. The summed E-state index contributed by atoms with van der Waals surface area (Å²) in [7, 11) is 0. The Labute approximate surface area is 138 Å². The molecule has 120 valence electrons. The molecule has 0 fully saturated rings. The van der Waals surface area contributed by atoms with Crippen LogP contribution in [0.4, 0.5) is 0 Å². The van der Waals surface area contributed by atoms with E-state index in [4.69, 9.17) is 4.74 Å². The summed E-state index contributed by atoms with van der Waals surface area (Å²) in [5, 5.41) is 4.34. The smallest absolute Gasteiger partial charge is 0.325 e. The third-order valence-electron chi connectivity index (χ3n) is 3.04. The van der Waals surface area contributed by atoms with Crippen LogP contribution in [0.3, 0.4) is 0 Å². The van der Waals surface area contributed by atoms with Crippen molar-refractivity contribution in [3.8, 4) is 0 Å². The van der Waals surface area contributed by atoms with Crippen LogP contribution in [0.5, 0.6) is 0 Å². The van der Waals surface area contributed by atoms with E-state index in [1.807, 2.05) is 17.5 Å². The van der Waals surface area contributed by atoms with Gasteiger partial charge >= 0.3 is 5.97 Å². The lowest BCUT2D eigenvalue weighted by atomic mass is 10.2. The summed E-state index contributed by atoms with van der Waals surface area (Å²) in [5.41, 5.74) is 0.488. The number of thiophene rings is 1. The van der Waals surface area contributed by atoms with Crippen LogP contribution in [-0.4, -0.2) is 30.8 Å². The van der Waals surface area contributed by atoms with Crippen molar-refractivity contribution < 1.29 is 19.1 Å². The zero-order chi connectivity index (χ0) is 16.5. The van der Waals surface area contributed by atoms with E-state index in [-0.39, 0.29) is 24.8 Å². The van der Waals surface area contributed by atoms with Gasteiger partial charge in [-0.05, 0) is 30.0 Å². The molecule has 2 rings (SSSR count). The van der Waals surface area contributed by atoms with Crippen molar-refractivity contribution in [1.82, 2.24) is 5.32 Å². The number of ketones is 1. The number of esters is 1. The Balaban J connectivity index is 1.60. The number of benzene rings is 1. The number of nitrogens with one attached hydrogen (secondary N) is 1. The molecule has 5 nitrogen and oxygen atoms in total. The molecule has 0 aliphatic rings. The van der Waals surface area contributed by atoms with E-state index in [2.05, 4.69) is 5.32 Å². The van der Waals surface area contributed by atoms with E-state index >= 15 is 0 Å². The maximum atomic E-state index is 11.7. The second-order valence-electron chi connectivity index (χ2n) is 4.77. The molecule has 1 N–H and O–H groups in total. The third kappa shape index (κ3) is 5.67. The Hall–Kier alpha value is -2.47. The molecule has 6 heteroatoms. The molecule has 1 aromatic carbocycles. The fraction of sp³-hybridized carbons (Fsp3) is 0.235. The fourth-order valence-electron chi connectivity index (χ4n) is 1.87. The van der Waals surface area contributed by atoms with Crippen LogP contribution in [0.15, 0.2) is 47.8 Å². The Morgan fingerprint density at radius 2 is 1.83 bits per heavy atom. The molecule has 1 heterocycles. The Bertz CT molecular complexity index is 652. The van der Waals surface area contributed by atoms with Crippen molar-refractivity contribution in [3.05, 3.63) is 58.3 Å². The molecule has 0 saturated heterocycles. The van der Waals surface area contributed by atoms with Crippen molar-refractivity contribution in [2.24, 2.45) is 0 Å². The van der Waals surface area contributed by atoms with Crippen LogP contribution in [0.25, 0.3) is 0 Å². The number of hydrogen-bond donors (Lipinski definition) is 1. The summed E-state index contributed by atoms with van der Waals surface area (Å²) in [4.78, 5) is 35.7. The predicted molar refractivity (Wildman–Crippen MR) is 87.6 cm³/mol. The number of ether oxygens (including phenoxy) is 1. The zero-order valence-electron chi connectivity index (χ0n) is 12.5. The molecule has 1 amide bonds. The minimum atomic E-state index is -0.516. The summed E-state index contributed by atoms with van der Waals surface area (Å²) >= 11 is 1.40. The summed E-state index contributed by atoms with van der Waals surface area (Å²) in [6.45, 7) is -0.0241. The van der Waals surface area contributed by atoms with E-state index in [9.17, 15) is 14.4 Å². The Morgan fingerprint density at radius 3 is 2.52 bits per heavy atom. The van der Waals surface area contributed by atoms with Gasteiger partial charge in [0, 0.05) is 12.0 Å².